The Labute approximate surface area is 160 Å². The Bertz CT molecular complexity index is 854. The minimum atomic E-state index is 0. The maximum absolute atomic E-state index is 9.53. The molecule has 3 rings (SSSR count). The third-order valence-corrected chi connectivity index (χ3v) is 4.20. The van der Waals surface area contributed by atoms with Crippen LogP contribution < -0.4 is 21.5 Å². The number of phenols is 1. The zero-order chi connectivity index (χ0) is 16.9. The van der Waals surface area contributed by atoms with E-state index >= 15 is 0 Å². The van der Waals surface area contributed by atoms with Gasteiger partial charge in [0.25, 0.3) is 0 Å². The Balaban J connectivity index is 0.00000225. The van der Waals surface area contributed by atoms with Crippen molar-refractivity contribution in [1.29, 1.82) is 0 Å². The van der Waals surface area contributed by atoms with Crippen LogP contribution in [0.25, 0.3) is 22.9 Å². The predicted molar refractivity (Wildman–Crippen MR) is 101 cm³/mol. The van der Waals surface area contributed by atoms with Crippen molar-refractivity contribution in [3.05, 3.63) is 72.1 Å². The molecule has 0 spiro atoms. The lowest BCUT2D eigenvalue weighted by atomic mass is 10.1. The smallest absolute Gasteiger partial charge is 0.169 e. The average molecular weight is 398 g/mol. The van der Waals surface area contributed by atoms with Gasteiger partial charge < -0.3 is 22.1 Å². The predicted octanol–water partition coefficient (Wildman–Crippen LogP) is 2.05. The number of nitrogens with zero attached hydrogens (tertiary/aromatic N) is 1. The normalized spacial score (nSPS) is 11.2. The number of aryl methyl sites for hydroxylation is 1. The van der Waals surface area contributed by atoms with Gasteiger partial charge >= 0.3 is 0 Å². The van der Waals surface area contributed by atoms with Crippen LogP contribution in [0.1, 0.15) is 31.4 Å². The van der Waals surface area contributed by atoms with Crippen molar-refractivity contribution in [2.75, 3.05) is 0 Å². The van der Waals surface area contributed by atoms with Gasteiger partial charge in [-0.15, -0.1) is 0 Å². The number of aromatic hydroxyl groups is 1. The van der Waals surface area contributed by atoms with Gasteiger partial charge in [-0.3, -0.25) is 0 Å². The van der Waals surface area contributed by atoms with Gasteiger partial charge in [-0.1, -0.05) is 44.2 Å². The molecule has 25 heavy (non-hydrogen) atoms. The summed E-state index contributed by atoms with van der Waals surface area (Å²) in [5.74, 6) is 1.03. The summed E-state index contributed by atoms with van der Waals surface area (Å²) in [6.45, 7) is 5.57. The molecule has 130 valence electrons. The third-order valence-electron chi connectivity index (χ3n) is 4.20. The van der Waals surface area contributed by atoms with Crippen molar-refractivity contribution in [2.24, 2.45) is 5.92 Å². The molecule has 0 radical (unpaired) electrons. The number of hydrogen-bond acceptors (Lipinski definition) is 1. The summed E-state index contributed by atoms with van der Waals surface area (Å²) >= 11 is 0. The Morgan fingerprint density at radius 3 is 2.24 bits per heavy atom. The molecule has 3 heteroatoms. The van der Waals surface area contributed by atoms with E-state index in [1.54, 1.807) is 12.1 Å². The molecule has 0 atom stereocenters. The zero-order valence-corrected chi connectivity index (χ0v) is 16.3. The highest BCUT2D eigenvalue weighted by molar-refractivity contribution is 5.87. The van der Waals surface area contributed by atoms with Crippen LogP contribution in [0.2, 0.25) is 0 Å². The fourth-order valence-corrected chi connectivity index (χ4v) is 2.68. The molecule has 0 saturated heterocycles. The number of hydrogen-bond donors (Lipinski definition) is 1. The molecule has 3 aromatic rings. The van der Waals surface area contributed by atoms with Crippen molar-refractivity contribution >= 4 is 22.9 Å². The second kappa shape index (κ2) is 8.82. The van der Waals surface area contributed by atoms with Crippen LogP contribution in [-0.4, -0.2) is 5.11 Å². The van der Waals surface area contributed by atoms with Gasteiger partial charge in [0.1, 0.15) is 12.3 Å². The quantitative estimate of drug-likeness (QED) is 0.654. The molecule has 0 aliphatic rings. The van der Waals surface area contributed by atoms with Gasteiger partial charge in [-0.05, 0) is 46.0 Å². The van der Waals surface area contributed by atoms with Crippen molar-refractivity contribution in [3.8, 4) is 5.75 Å². The van der Waals surface area contributed by atoms with E-state index in [1.807, 2.05) is 12.1 Å². The maximum atomic E-state index is 9.53. The molecule has 0 aliphatic carbocycles. The lowest BCUT2D eigenvalue weighted by Crippen LogP contribution is -3.00. The minimum Gasteiger partial charge on any atom is -1.00 e. The number of halogens is 1. The van der Waals surface area contributed by atoms with Crippen LogP contribution in [0.3, 0.4) is 0 Å². The highest BCUT2D eigenvalue weighted by atomic mass is 79.9. The zero-order valence-electron chi connectivity index (χ0n) is 14.7. The number of aromatic nitrogens is 1. The van der Waals surface area contributed by atoms with Crippen molar-refractivity contribution in [2.45, 2.75) is 26.8 Å². The fraction of sp³-hybridized carbons (Fsp3) is 0.227. The van der Waals surface area contributed by atoms with E-state index < -0.39 is 0 Å². The summed E-state index contributed by atoms with van der Waals surface area (Å²) in [5.41, 5.74) is 2.35. The third kappa shape index (κ3) is 5.43. The lowest BCUT2D eigenvalue weighted by molar-refractivity contribution is -0.698. The Kier molecular flexibility index (Phi) is 6.77. The van der Waals surface area contributed by atoms with Gasteiger partial charge in [0.15, 0.2) is 12.4 Å². The fourth-order valence-electron chi connectivity index (χ4n) is 2.68. The van der Waals surface area contributed by atoms with Crippen LogP contribution in [0.5, 0.6) is 5.75 Å². The molecule has 0 amide bonds. The first-order valence-corrected chi connectivity index (χ1v) is 8.50. The SMILES string of the molecule is CC(C)CC[n+]1ccc(/C=C/c2ccc3cc(O)ccc3c2)cc1.[Br-]. The van der Waals surface area contributed by atoms with Crippen LogP contribution in [-0.2, 0) is 6.54 Å². The van der Waals surface area contributed by atoms with Gasteiger partial charge in [0.2, 0.25) is 0 Å². The van der Waals surface area contributed by atoms with E-state index in [4.69, 9.17) is 0 Å². The van der Waals surface area contributed by atoms with Gasteiger partial charge in [0, 0.05) is 18.6 Å². The minimum absolute atomic E-state index is 0. The van der Waals surface area contributed by atoms with Crippen molar-refractivity contribution in [1.82, 2.24) is 0 Å². The summed E-state index contributed by atoms with van der Waals surface area (Å²) in [7, 11) is 0. The van der Waals surface area contributed by atoms with Crippen LogP contribution in [0.4, 0.5) is 0 Å². The monoisotopic (exact) mass is 397 g/mol. The first-order valence-electron chi connectivity index (χ1n) is 8.50. The van der Waals surface area contributed by atoms with E-state index in [0.717, 1.165) is 28.8 Å². The number of fused-ring (bicyclic) bond motifs is 1. The second-order valence-electron chi connectivity index (χ2n) is 6.68. The molecular weight excluding hydrogens is 374 g/mol. The summed E-state index contributed by atoms with van der Waals surface area (Å²) in [6.07, 6.45) is 9.75. The number of phenolic OH excluding ortho intramolecular Hbond substituents is 1. The van der Waals surface area contributed by atoms with Gasteiger partial charge in [-0.2, -0.15) is 0 Å². The molecule has 1 heterocycles. The summed E-state index contributed by atoms with van der Waals surface area (Å²) in [5, 5.41) is 11.7. The Morgan fingerprint density at radius 2 is 1.52 bits per heavy atom. The first kappa shape index (κ1) is 19.2. The lowest BCUT2D eigenvalue weighted by Gasteiger charge is -2.02. The molecule has 0 aliphatic heterocycles. The van der Waals surface area contributed by atoms with Gasteiger partial charge in [-0.25, -0.2) is 4.57 Å². The van der Waals surface area contributed by atoms with E-state index in [-0.39, 0.29) is 17.0 Å². The molecule has 0 bridgehead atoms. The summed E-state index contributed by atoms with van der Waals surface area (Å²) in [6, 6.07) is 16.0. The Morgan fingerprint density at radius 1 is 0.880 bits per heavy atom. The molecule has 0 saturated carbocycles. The standard InChI is InChI=1S/C22H23NO.BrH/c1-17(2)9-12-23-13-10-18(11-14-23)3-4-19-5-6-21-16-22(24)8-7-20(21)15-19;/h3-8,10-11,13-17H,9,12H2,1-2H3;1H. The molecular formula is C22H24BrNO. The topological polar surface area (TPSA) is 24.1 Å². The average Bonchev–Trinajstić information content (AvgIpc) is 2.59. The molecule has 0 fully saturated rings. The highest BCUT2D eigenvalue weighted by Crippen LogP contribution is 2.22. The van der Waals surface area contributed by atoms with Crippen molar-refractivity contribution < 1.29 is 26.7 Å². The first-order chi connectivity index (χ1) is 11.6. The highest BCUT2D eigenvalue weighted by Gasteiger charge is 2.02. The molecule has 1 N–H and O–H groups in total. The number of rotatable bonds is 5. The summed E-state index contributed by atoms with van der Waals surface area (Å²) in [4.78, 5) is 0. The van der Waals surface area contributed by atoms with E-state index in [9.17, 15) is 5.11 Å². The molecule has 2 aromatic carbocycles. The molecule has 2 nitrogen and oxygen atoms in total. The Hall–Kier alpha value is -2.13. The largest absolute Gasteiger partial charge is 1.00 e. The van der Waals surface area contributed by atoms with Crippen molar-refractivity contribution in [3.63, 3.8) is 0 Å². The van der Waals surface area contributed by atoms with Crippen LogP contribution >= 0.6 is 0 Å². The van der Waals surface area contributed by atoms with E-state index in [1.165, 1.54) is 12.0 Å². The number of benzene rings is 2. The maximum Gasteiger partial charge on any atom is 0.169 e. The second-order valence-corrected chi connectivity index (χ2v) is 6.68. The molecule has 0 unspecified atom stereocenters. The van der Waals surface area contributed by atoms with E-state index in [2.05, 4.69) is 67.2 Å². The molecule has 1 aromatic heterocycles. The summed E-state index contributed by atoms with van der Waals surface area (Å²) < 4.78 is 2.24. The van der Waals surface area contributed by atoms with Crippen LogP contribution in [0.15, 0.2) is 60.9 Å². The van der Waals surface area contributed by atoms with E-state index in [0.29, 0.717) is 5.75 Å². The van der Waals surface area contributed by atoms with Crippen LogP contribution in [0, 0.1) is 5.92 Å². The van der Waals surface area contributed by atoms with Gasteiger partial charge in [0.05, 0.1) is 0 Å². The number of pyridine rings is 1.